The van der Waals surface area contributed by atoms with Crippen LogP contribution in [0.1, 0.15) is 19.8 Å². The number of pyridine rings is 1. The molecule has 3 aromatic rings. The van der Waals surface area contributed by atoms with Gasteiger partial charge in [-0.05, 0) is 19.4 Å². The first kappa shape index (κ1) is 21.1. The maximum Gasteiger partial charge on any atom is 0.183 e. The molecule has 0 saturated heterocycles. The molecule has 0 spiro atoms. The Bertz CT molecular complexity index is 1170. The summed E-state index contributed by atoms with van der Waals surface area (Å²) in [5, 5.41) is 3.86. The number of aromatic nitrogens is 4. The van der Waals surface area contributed by atoms with Gasteiger partial charge in [0.05, 0.1) is 23.0 Å². The molecule has 2 N–H and O–H groups in total. The number of rotatable bonds is 8. The van der Waals surface area contributed by atoms with Gasteiger partial charge in [-0.2, -0.15) is 0 Å². The van der Waals surface area contributed by atoms with Gasteiger partial charge in [0, 0.05) is 36.0 Å². The van der Waals surface area contributed by atoms with Crippen LogP contribution in [0, 0.1) is 5.82 Å². The highest BCUT2D eigenvalue weighted by Gasteiger charge is 2.18. The van der Waals surface area contributed by atoms with Gasteiger partial charge in [0.2, 0.25) is 0 Å². The highest BCUT2D eigenvalue weighted by atomic mass is 35.5. The third kappa shape index (κ3) is 5.27. The maximum atomic E-state index is 14.2. The van der Waals surface area contributed by atoms with Crippen molar-refractivity contribution in [2.45, 2.75) is 25.8 Å². The zero-order chi connectivity index (χ0) is 21.2. The number of hydrogen-bond acceptors (Lipinski definition) is 7. The zero-order valence-electron chi connectivity index (χ0n) is 15.7. The van der Waals surface area contributed by atoms with Crippen LogP contribution in [-0.4, -0.2) is 52.2 Å². The van der Waals surface area contributed by atoms with Crippen LogP contribution in [0.5, 0.6) is 0 Å². The molecule has 154 valence electrons. The van der Waals surface area contributed by atoms with E-state index in [1.165, 1.54) is 6.20 Å². The molecule has 0 saturated carbocycles. The summed E-state index contributed by atoms with van der Waals surface area (Å²) in [6.07, 6.45) is 5.55. The van der Waals surface area contributed by atoms with Crippen molar-refractivity contribution in [3.05, 3.63) is 35.5 Å². The number of nitrogens with one attached hydrogen (secondary N) is 2. The van der Waals surface area contributed by atoms with E-state index in [0.29, 0.717) is 21.6 Å². The van der Waals surface area contributed by atoms with E-state index in [2.05, 4.69) is 25.3 Å². The van der Waals surface area contributed by atoms with E-state index in [9.17, 15) is 17.6 Å². The maximum absolute atomic E-state index is 14.2. The van der Waals surface area contributed by atoms with E-state index in [4.69, 9.17) is 11.6 Å². The van der Waals surface area contributed by atoms with Crippen molar-refractivity contribution < 1.29 is 17.6 Å². The highest BCUT2D eigenvalue weighted by molar-refractivity contribution is 7.90. The van der Waals surface area contributed by atoms with Crippen LogP contribution >= 0.6 is 11.6 Å². The topological polar surface area (TPSA) is 118 Å². The van der Waals surface area contributed by atoms with Crippen molar-refractivity contribution in [3.8, 4) is 11.4 Å². The van der Waals surface area contributed by atoms with Crippen LogP contribution in [0.3, 0.4) is 0 Å². The number of ketones is 1. The second kappa shape index (κ2) is 8.42. The fourth-order valence-electron chi connectivity index (χ4n) is 2.77. The van der Waals surface area contributed by atoms with Crippen molar-refractivity contribution in [3.63, 3.8) is 0 Å². The Labute approximate surface area is 171 Å². The number of sulfone groups is 1. The molecule has 11 heteroatoms. The van der Waals surface area contributed by atoms with E-state index in [-0.39, 0.29) is 36.0 Å². The van der Waals surface area contributed by atoms with Crippen molar-refractivity contribution in [1.82, 2.24) is 19.9 Å². The molecule has 0 aliphatic carbocycles. The predicted octanol–water partition coefficient (Wildman–Crippen LogP) is 3.01. The predicted molar refractivity (Wildman–Crippen MR) is 109 cm³/mol. The minimum atomic E-state index is -3.13. The third-order valence-corrected chi connectivity index (χ3v) is 5.49. The van der Waals surface area contributed by atoms with Crippen LogP contribution in [-0.2, 0) is 14.6 Å². The third-order valence-electron chi connectivity index (χ3n) is 4.26. The van der Waals surface area contributed by atoms with Crippen molar-refractivity contribution in [2.75, 3.05) is 17.3 Å². The Morgan fingerprint density at radius 3 is 2.83 bits per heavy atom. The summed E-state index contributed by atoms with van der Waals surface area (Å²) in [5.41, 5.74) is 1.17. The van der Waals surface area contributed by atoms with Crippen molar-refractivity contribution >= 4 is 44.1 Å². The number of halogens is 2. The number of carbonyl (C=O) groups is 1. The fourth-order valence-corrected chi connectivity index (χ4v) is 3.60. The molecule has 3 rings (SSSR count). The first-order chi connectivity index (χ1) is 13.6. The molecule has 0 aliphatic rings. The molecule has 0 aliphatic heterocycles. The van der Waals surface area contributed by atoms with Crippen molar-refractivity contribution in [1.29, 1.82) is 0 Å². The van der Waals surface area contributed by atoms with Gasteiger partial charge in [-0.15, -0.1) is 0 Å². The smallest absolute Gasteiger partial charge is 0.183 e. The second-order valence-electron chi connectivity index (χ2n) is 6.71. The lowest BCUT2D eigenvalue weighted by atomic mass is 10.1. The molecular formula is C18H19ClFN5O3S. The van der Waals surface area contributed by atoms with E-state index in [1.807, 2.05) is 0 Å². The molecule has 1 atom stereocenters. The molecule has 0 radical (unpaired) electrons. The Balaban J connectivity index is 1.78. The number of fused-ring (bicyclic) bond motifs is 1. The summed E-state index contributed by atoms with van der Waals surface area (Å²) in [6.45, 7) is 1.57. The monoisotopic (exact) mass is 439 g/mol. The lowest BCUT2D eigenvalue weighted by molar-refractivity contribution is -0.119. The van der Waals surface area contributed by atoms with Crippen LogP contribution in [0.4, 0.5) is 10.2 Å². The summed E-state index contributed by atoms with van der Waals surface area (Å²) >= 11 is 6.00. The Hall–Kier alpha value is -2.59. The summed E-state index contributed by atoms with van der Waals surface area (Å²) in [6, 6.07) is 0.953. The average molecular weight is 440 g/mol. The zero-order valence-corrected chi connectivity index (χ0v) is 17.3. The van der Waals surface area contributed by atoms with Gasteiger partial charge in [0.1, 0.15) is 15.5 Å². The number of nitrogens with zero attached hydrogens (tertiary/aromatic N) is 3. The number of Topliss-reactive ketones (excluding diaryl/α,β-unsaturated/α-hetero) is 1. The molecule has 29 heavy (non-hydrogen) atoms. The van der Waals surface area contributed by atoms with Gasteiger partial charge in [0.15, 0.2) is 23.2 Å². The number of aromatic amines is 1. The second-order valence-corrected chi connectivity index (χ2v) is 9.40. The summed E-state index contributed by atoms with van der Waals surface area (Å²) in [7, 11) is -3.13. The van der Waals surface area contributed by atoms with Gasteiger partial charge in [-0.1, -0.05) is 11.6 Å². The molecule has 0 amide bonds. The Morgan fingerprint density at radius 1 is 1.34 bits per heavy atom. The quantitative estimate of drug-likeness (QED) is 0.553. The Morgan fingerprint density at radius 2 is 2.10 bits per heavy atom. The number of anilines is 1. The molecule has 3 heterocycles. The molecule has 0 bridgehead atoms. The standard InChI is InChI=1S/C18H19ClFN5O3S/c1-10(15(26)4-3-5-29(2,27)28)24-18-14(20)9-23-17(25-18)13-8-22-16-12(13)6-11(19)7-21-16/h6-10H,3-5H2,1-2H3,(H,21,22)(H,23,24,25)/t10-/m0/s1. The molecule has 3 aromatic heterocycles. The van der Waals surface area contributed by atoms with E-state index in [1.54, 1.807) is 19.2 Å². The molecular weight excluding hydrogens is 421 g/mol. The minimum Gasteiger partial charge on any atom is -0.358 e. The van der Waals surface area contributed by atoms with Crippen LogP contribution < -0.4 is 5.32 Å². The van der Waals surface area contributed by atoms with Crippen LogP contribution in [0.2, 0.25) is 5.02 Å². The molecule has 0 fully saturated rings. The largest absolute Gasteiger partial charge is 0.358 e. The summed E-state index contributed by atoms with van der Waals surface area (Å²) in [5.74, 6) is -0.907. The van der Waals surface area contributed by atoms with Gasteiger partial charge in [0.25, 0.3) is 0 Å². The number of hydrogen-bond donors (Lipinski definition) is 2. The normalized spacial score (nSPS) is 12.8. The molecule has 8 nitrogen and oxygen atoms in total. The fraction of sp³-hybridized carbons (Fsp3) is 0.333. The van der Waals surface area contributed by atoms with Gasteiger partial charge < -0.3 is 10.3 Å². The summed E-state index contributed by atoms with van der Waals surface area (Å²) in [4.78, 5) is 27.6. The summed E-state index contributed by atoms with van der Waals surface area (Å²) < 4.78 is 36.5. The SMILES string of the molecule is C[C@H](Nc1nc(-c2c[nH]c3ncc(Cl)cc23)ncc1F)C(=O)CCCS(C)(=O)=O. The Kier molecular flexibility index (Phi) is 6.13. The highest BCUT2D eigenvalue weighted by Crippen LogP contribution is 2.28. The lowest BCUT2D eigenvalue weighted by Crippen LogP contribution is -2.27. The number of carbonyl (C=O) groups excluding carboxylic acids is 1. The first-order valence-corrected chi connectivity index (χ1v) is 11.2. The van der Waals surface area contributed by atoms with E-state index >= 15 is 0 Å². The van der Waals surface area contributed by atoms with Gasteiger partial charge in [-0.3, -0.25) is 4.79 Å². The van der Waals surface area contributed by atoms with Gasteiger partial charge >= 0.3 is 0 Å². The molecule has 0 unspecified atom stereocenters. The van der Waals surface area contributed by atoms with Gasteiger partial charge in [-0.25, -0.2) is 27.8 Å². The van der Waals surface area contributed by atoms with Crippen LogP contribution in [0.15, 0.2) is 24.7 Å². The van der Waals surface area contributed by atoms with Crippen molar-refractivity contribution in [2.24, 2.45) is 0 Å². The van der Waals surface area contributed by atoms with Crippen LogP contribution in [0.25, 0.3) is 22.4 Å². The average Bonchev–Trinajstić information content (AvgIpc) is 3.05. The minimum absolute atomic E-state index is 0.0629. The molecule has 0 aromatic carbocycles. The number of H-pyrrole nitrogens is 1. The lowest BCUT2D eigenvalue weighted by Gasteiger charge is -2.14. The van der Waals surface area contributed by atoms with E-state index < -0.39 is 21.7 Å². The van der Waals surface area contributed by atoms with E-state index in [0.717, 1.165) is 12.5 Å². The first-order valence-electron chi connectivity index (χ1n) is 8.76.